The molecule has 0 radical (unpaired) electrons. The lowest BCUT2D eigenvalue weighted by Gasteiger charge is -2.35. The van der Waals surface area contributed by atoms with Crippen LogP contribution in [0.25, 0.3) is 0 Å². The van der Waals surface area contributed by atoms with E-state index in [0.717, 1.165) is 51.6 Å². The number of hydrogen-bond acceptors (Lipinski definition) is 4. The van der Waals surface area contributed by atoms with Gasteiger partial charge in [-0.15, -0.1) is 0 Å². The van der Waals surface area contributed by atoms with Crippen LogP contribution in [0.2, 0.25) is 0 Å². The van der Waals surface area contributed by atoms with Crippen LogP contribution in [0.4, 0.5) is 0 Å². The number of benzene rings is 1. The number of hydrogen-bond donors (Lipinski definition) is 2. The Bertz CT molecular complexity index is 743. The normalized spacial score (nSPS) is 25.0. The van der Waals surface area contributed by atoms with Crippen LogP contribution in [0.15, 0.2) is 29.3 Å². The zero-order valence-corrected chi connectivity index (χ0v) is 19.6. The minimum atomic E-state index is 0.229. The molecule has 2 aliphatic rings. The van der Waals surface area contributed by atoms with E-state index < -0.39 is 0 Å². The first-order valence-electron chi connectivity index (χ1n) is 11.8. The summed E-state index contributed by atoms with van der Waals surface area (Å²) in [6.45, 7) is 14.1. The number of aliphatic imine (C=N–C) groups is 1. The third kappa shape index (κ3) is 6.94. The van der Waals surface area contributed by atoms with Crippen LogP contribution in [0, 0.1) is 0 Å². The summed E-state index contributed by atoms with van der Waals surface area (Å²) in [6.07, 6.45) is 2.06. The highest BCUT2D eigenvalue weighted by Gasteiger charge is 2.26. The molecule has 2 heterocycles. The first-order chi connectivity index (χ1) is 15.0. The predicted octanol–water partition coefficient (Wildman–Crippen LogP) is 2.36. The fourth-order valence-electron chi connectivity index (χ4n) is 4.53. The Morgan fingerprint density at radius 1 is 1.13 bits per heavy atom. The molecule has 7 nitrogen and oxygen atoms in total. The van der Waals surface area contributed by atoms with Crippen molar-refractivity contribution in [1.29, 1.82) is 0 Å². The molecule has 0 saturated carbocycles. The van der Waals surface area contributed by atoms with Crippen molar-refractivity contribution in [2.45, 2.75) is 71.9 Å². The van der Waals surface area contributed by atoms with Crippen molar-refractivity contribution in [2.75, 3.05) is 32.7 Å². The number of carbonyl (C=O) groups excluding carboxylic acids is 1. The molecule has 2 fully saturated rings. The smallest absolute Gasteiger partial charge is 0.222 e. The first-order valence-corrected chi connectivity index (χ1v) is 11.8. The van der Waals surface area contributed by atoms with Crippen LogP contribution in [-0.2, 0) is 22.6 Å². The van der Waals surface area contributed by atoms with Gasteiger partial charge in [-0.1, -0.05) is 31.2 Å². The van der Waals surface area contributed by atoms with Crippen LogP contribution < -0.4 is 10.6 Å². The summed E-state index contributed by atoms with van der Waals surface area (Å²) in [5.74, 6) is 1.05. The van der Waals surface area contributed by atoms with Gasteiger partial charge in [0.2, 0.25) is 5.91 Å². The maximum Gasteiger partial charge on any atom is 0.222 e. The zero-order chi connectivity index (χ0) is 22.2. The Kier molecular flexibility index (Phi) is 8.72. The van der Waals surface area contributed by atoms with Gasteiger partial charge in [-0.25, -0.2) is 4.99 Å². The molecule has 0 aliphatic carbocycles. The van der Waals surface area contributed by atoms with Crippen LogP contribution in [0.1, 0.15) is 51.7 Å². The van der Waals surface area contributed by atoms with E-state index in [4.69, 9.17) is 9.73 Å². The van der Waals surface area contributed by atoms with E-state index in [9.17, 15) is 4.79 Å². The fraction of sp³-hybridized carbons (Fsp3) is 0.667. The van der Waals surface area contributed by atoms with E-state index in [1.807, 2.05) is 11.8 Å². The third-order valence-electron chi connectivity index (χ3n) is 5.94. The second-order valence-electron chi connectivity index (χ2n) is 8.74. The van der Waals surface area contributed by atoms with Gasteiger partial charge in [-0.05, 0) is 38.3 Å². The molecular formula is C24H39N5O2. The molecule has 3 rings (SSSR count). The van der Waals surface area contributed by atoms with E-state index in [1.54, 1.807) is 0 Å². The highest BCUT2D eigenvalue weighted by molar-refractivity contribution is 5.80. The van der Waals surface area contributed by atoms with Gasteiger partial charge in [0.25, 0.3) is 0 Å². The molecule has 1 aromatic rings. The summed E-state index contributed by atoms with van der Waals surface area (Å²) in [6, 6.07) is 8.83. The maximum absolute atomic E-state index is 12.0. The highest BCUT2D eigenvalue weighted by atomic mass is 16.5. The summed E-state index contributed by atoms with van der Waals surface area (Å²) in [7, 11) is 0. The summed E-state index contributed by atoms with van der Waals surface area (Å²) < 4.78 is 5.88. The van der Waals surface area contributed by atoms with Gasteiger partial charge in [0, 0.05) is 51.7 Å². The quantitative estimate of drug-likeness (QED) is 0.514. The van der Waals surface area contributed by atoms with Crippen molar-refractivity contribution < 1.29 is 9.53 Å². The van der Waals surface area contributed by atoms with Crippen LogP contribution in [0.5, 0.6) is 0 Å². The average molecular weight is 430 g/mol. The van der Waals surface area contributed by atoms with E-state index in [0.29, 0.717) is 13.0 Å². The van der Waals surface area contributed by atoms with Crippen molar-refractivity contribution >= 4 is 11.9 Å². The number of amides is 1. The topological polar surface area (TPSA) is 69.2 Å². The number of morpholine rings is 1. The third-order valence-corrected chi connectivity index (χ3v) is 5.94. The minimum absolute atomic E-state index is 0.229. The largest absolute Gasteiger partial charge is 0.373 e. The van der Waals surface area contributed by atoms with Crippen LogP contribution in [-0.4, -0.2) is 72.6 Å². The Hall–Kier alpha value is -2.12. The molecule has 0 spiro atoms. The van der Waals surface area contributed by atoms with Gasteiger partial charge in [-0.2, -0.15) is 0 Å². The van der Waals surface area contributed by atoms with Crippen molar-refractivity contribution in [2.24, 2.45) is 4.99 Å². The molecule has 7 heteroatoms. The molecule has 1 amide bonds. The van der Waals surface area contributed by atoms with Crippen molar-refractivity contribution in [1.82, 2.24) is 20.4 Å². The molecule has 0 aromatic heterocycles. The summed E-state index contributed by atoms with van der Waals surface area (Å²) in [5.41, 5.74) is 2.57. The number of rotatable bonds is 7. The molecule has 2 N–H and O–H groups in total. The van der Waals surface area contributed by atoms with Gasteiger partial charge in [0.15, 0.2) is 5.96 Å². The predicted molar refractivity (Wildman–Crippen MR) is 125 cm³/mol. The first kappa shape index (κ1) is 23.5. The Balaban J connectivity index is 1.62. The molecule has 3 unspecified atom stereocenters. The summed E-state index contributed by atoms with van der Waals surface area (Å²) >= 11 is 0. The number of guanidine groups is 1. The molecular weight excluding hydrogens is 390 g/mol. The number of ether oxygens (including phenoxy) is 1. The van der Waals surface area contributed by atoms with Crippen LogP contribution >= 0.6 is 0 Å². The summed E-state index contributed by atoms with van der Waals surface area (Å²) in [4.78, 5) is 21.3. The molecule has 1 aromatic carbocycles. The lowest BCUT2D eigenvalue weighted by atomic mass is 10.1. The maximum atomic E-state index is 12.0. The lowest BCUT2D eigenvalue weighted by Crippen LogP contribution is -2.45. The van der Waals surface area contributed by atoms with Gasteiger partial charge in [0.1, 0.15) is 0 Å². The Morgan fingerprint density at radius 2 is 1.84 bits per heavy atom. The Morgan fingerprint density at radius 3 is 2.52 bits per heavy atom. The lowest BCUT2D eigenvalue weighted by molar-refractivity contribution is -0.129. The van der Waals surface area contributed by atoms with Gasteiger partial charge < -0.3 is 20.3 Å². The molecule has 31 heavy (non-hydrogen) atoms. The average Bonchev–Trinajstić information content (AvgIpc) is 3.20. The van der Waals surface area contributed by atoms with Gasteiger partial charge in [-0.3, -0.25) is 9.69 Å². The minimum Gasteiger partial charge on any atom is -0.373 e. The van der Waals surface area contributed by atoms with Crippen molar-refractivity contribution in [3.8, 4) is 0 Å². The van der Waals surface area contributed by atoms with E-state index in [2.05, 4.69) is 60.6 Å². The van der Waals surface area contributed by atoms with E-state index >= 15 is 0 Å². The standard InChI is InChI=1S/C24H39N5O2/c1-5-23(30)29-12-11-22(17-29)27-24(25-6-2)26-13-20-9-7-8-10-21(20)16-28-14-18(3)31-19(4)15-28/h7-10,18-19,22H,5-6,11-17H2,1-4H3,(H2,25,26,27). The van der Waals surface area contributed by atoms with E-state index in [1.165, 1.54) is 11.1 Å². The van der Waals surface area contributed by atoms with Gasteiger partial charge in [0.05, 0.1) is 18.8 Å². The van der Waals surface area contributed by atoms with Crippen molar-refractivity contribution in [3.63, 3.8) is 0 Å². The number of nitrogens with zero attached hydrogens (tertiary/aromatic N) is 3. The molecule has 0 bridgehead atoms. The number of nitrogens with one attached hydrogen (secondary N) is 2. The molecule has 3 atom stereocenters. The number of likely N-dealkylation sites (tertiary alicyclic amines) is 1. The monoisotopic (exact) mass is 429 g/mol. The molecule has 2 saturated heterocycles. The molecule has 2 aliphatic heterocycles. The van der Waals surface area contributed by atoms with Crippen LogP contribution in [0.3, 0.4) is 0 Å². The van der Waals surface area contributed by atoms with Gasteiger partial charge >= 0.3 is 0 Å². The number of carbonyl (C=O) groups is 1. The second-order valence-corrected chi connectivity index (χ2v) is 8.74. The SMILES string of the molecule is CCNC(=NCc1ccccc1CN1CC(C)OC(C)C1)NC1CCN(C(=O)CC)C1. The zero-order valence-electron chi connectivity index (χ0n) is 19.6. The second kappa shape index (κ2) is 11.5. The van der Waals surface area contributed by atoms with E-state index in [-0.39, 0.29) is 24.2 Å². The fourth-order valence-corrected chi connectivity index (χ4v) is 4.53. The highest BCUT2D eigenvalue weighted by Crippen LogP contribution is 2.18. The van der Waals surface area contributed by atoms with Crippen molar-refractivity contribution in [3.05, 3.63) is 35.4 Å². The Labute approximate surface area is 187 Å². The molecule has 172 valence electrons. The summed E-state index contributed by atoms with van der Waals surface area (Å²) in [5, 5.41) is 6.89.